The Hall–Kier alpha value is -2.65. The summed E-state index contributed by atoms with van der Waals surface area (Å²) in [4.78, 5) is 24.6. The van der Waals surface area contributed by atoms with Crippen LogP contribution in [0.3, 0.4) is 0 Å². The Morgan fingerprint density at radius 2 is 1.83 bits per heavy atom. The SMILES string of the molecule is CCOC(=O)c1cc(NC(=O)[C@H](C)N(c2ccc(F)cc2)S(C)(=O)=O)ccc1Cl. The zero-order valence-corrected chi connectivity index (χ0v) is 17.6. The van der Waals surface area contributed by atoms with Crippen LogP contribution in [-0.2, 0) is 19.6 Å². The fraction of sp³-hybridized carbons (Fsp3) is 0.263. The van der Waals surface area contributed by atoms with Gasteiger partial charge in [-0.25, -0.2) is 17.6 Å². The minimum atomic E-state index is -3.85. The summed E-state index contributed by atoms with van der Waals surface area (Å²) in [5.41, 5.74) is 0.444. The van der Waals surface area contributed by atoms with Crippen molar-refractivity contribution in [1.82, 2.24) is 0 Å². The van der Waals surface area contributed by atoms with Crippen molar-refractivity contribution in [2.45, 2.75) is 19.9 Å². The van der Waals surface area contributed by atoms with Gasteiger partial charge in [0.25, 0.3) is 0 Å². The van der Waals surface area contributed by atoms with Crippen molar-refractivity contribution in [2.24, 2.45) is 0 Å². The van der Waals surface area contributed by atoms with Crippen LogP contribution in [0.4, 0.5) is 15.8 Å². The monoisotopic (exact) mass is 442 g/mol. The lowest BCUT2D eigenvalue weighted by molar-refractivity contribution is -0.116. The van der Waals surface area contributed by atoms with Crippen molar-refractivity contribution in [1.29, 1.82) is 0 Å². The predicted molar refractivity (Wildman–Crippen MR) is 109 cm³/mol. The van der Waals surface area contributed by atoms with Gasteiger partial charge in [-0.1, -0.05) is 11.6 Å². The maximum absolute atomic E-state index is 13.2. The number of ether oxygens (including phenoxy) is 1. The van der Waals surface area contributed by atoms with Crippen LogP contribution in [0.15, 0.2) is 42.5 Å². The molecule has 0 aromatic heterocycles. The molecular weight excluding hydrogens is 423 g/mol. The van der Waals surface area contributed by atoms with Gasteiger partial charge in [-0.2, -0.15) is 0 Å². The summed E-state index contributed by atoms with van der Waals surface area (Å²) in [6, 6.07) is 7.81. The van der Waals surface area contributed by atoms with E-state index in [9.17, 15) is 22.4 Å². The van der Waals surface area contributed by atoms with Gasteiger partial charge >= 0.3 is 5.97 Å². The number of carbonyl (C=O) groups excluding carboxylic acids is 2. The zero-order valence-electron chi connectivity index (χ0n) is 16.0. The Morgan fingerprint density at radius 3 is 2.38 bits per heavy atom. The van der Waals surface area contributed by atoms with E-state index in [1.54, 1.807) is 6.92 Å². The van der Waals surface area contributed by atoms with E-state index in [1.165, 1.54) is 37.3 Å². The maximum Gasteiger partial charge on any atom is 0.339 e. The molecule has 0 aliphatic heterocycles. The van der Waals surface area contributed by atoms with E-state index in [2.05, 4.69) is 5.32 Å². The standard InChI is InChI=1S/C19H20ClFN2O5S/c1-4-28-19(25)16-11-14(7-10-17(16)20)22-18(24)12(2)23(29(3,26)27)15-8-5-13(21)6-9-15/h5-12H,4H2,1-3H3,(H,22,24)/t12-/m0/s1. The van der Waals surface area contributed by atoms with E-state index >= 15 is 0 Å². The van der Waals surface area contributed by atoms with Crippen molar-refractivity contribution in [2.75, 3.05) is 22.5 Å². The normalized spacial score (nSPS) is 12.2. The number of hydrogen-bond acceptors (Lipinski definition) is 5. The first-order chi connectivity index (χ1) is 13.5. The molecule has 1 N–H and O–H groups in total. The summed E-state index contributed by atoms with van der Waals surface area (Å²) in [6.45, 7) is 3.19. The van der Waals surface area contributed by atoms with Crippen LogP contribution >= 0.6 is 11.6 Å². The molecule has 1 amide bonds. The van der Waals surface area contributed by atoms with Gasteiger partial charge in [0, 0.05) is 5.69 Å². The van der Waals surface area contributed by atoms with Crippen LogP contribution < -0.4 is 9.62 Å². The second kappa shape index (κ2) is 9.23. The average molecular weight is 443 g/mol. The summed E-state index contributed by atoms with van der Waals surface area (Å²) in [7, 11) is -3.85. The first-order valence-electron chi connectivity index (χ1n) is 8.57. The zero-order chi connectivity index (χ0) is 21.8. The van der Waals surface area contributed by atoms with Crippen LogP contribution in [-0.4, -0.2) is 39.2 Å². The van der Waals surface area contributed by atoms with Gasteiger partial charge in [0.1, 0.15) is 11.9 Å². The number of carbonyl (C=O) groups is 2. The molecule has 0 saturated heterocycles. The lowest BCUT2D eigenvalue weighted by Crippen LogP contribution is -2.45. The number of hydrogen-bond donors (Lipinski definition) is 1. The van der Waals surface area contributed by atoms with Crippen molar-refractivity contribution < 1.29 is 27.1 Å². The van der Waals surface area contributed by atoms with E-state index in [1.807, 2.05) is 0 Å². The molecule has 2 aromatic carbocycles. The van der Waals surface area contributed by atoms with E-state index in [0.717, 1.165) is 22.7 Å². The quantitative estimate of drug-likeness (QED) is 0.663. The number of anilines is 2. The number of benzene rings is 2. The van der Waals surface area contributed by atoms with Gasteiger partial charge in [0.05, 0.1) is 29.1 Å². The molecule has 0 heterocycles. The Balaban J connectivity index is 2.29. The van der Waals surface area contributed by atoms with Crippen molar-refractivity contribution >= 4 is 44.9 Å². The number of nitrogens with zero attached hydrogens (tertiary/aromatic N) is 1. The number of nitrogens with one attached hydrogen (secondary N) is 1. The molecule has 0 aliphatic carbocycles. The highest BCUT2D eigenvalue weighted by molar-refractivity contribution is 7.92. The number of esters is 1. The molecule has 0 fully saturated rings. The average Bonchev–Trinajstić information content (AvgIpc) is 2.64. The summed E-state index contributed by atoms with van der Waals surface area (Å²) in [5, 5.41) is 2.71. The van der Waals surface area contributed by atoms with Crippen LogP contribution in [0.1, 0.15) is 24.2 Å². The summed E-state index contributed by atoms with van der Waals surface area (Å²) >= 11 is 6.00. The van der Waals surface area contributed by atoms with Gasteiger partial charge in [-0.3, -0.25) is 9.10 Å². The highest BCUT2D eigenvalue weighted by Crippen LogP contribution is 2.24. The van der Waals surface area contributed by atoms with E-state index < -0.39 is 33.8 Å². The second-order valence-electron chi connectivity index (χ2n) is 6.12. The number of sulfonamides is 1. The molecule has 0 spiro atoms. The first kappa shape index (κ1) is 22.6. The van der Waals surface area contributed by atoms with Crippen LogP contribution in [0.25, 0.3) is 0 Å². The minimum Gasteiger partial charge on any atom is -0.462 e. The highest BCUT2D eigenvalue weighted by Gasteiger charge is 2.29. The Bertz CT molecular complexity index is 1010. The maximum atomic E-state index is 13.2. The molecule has 156 valence electrons. The van der Waals surface area contributed by atoms with Crippen molar-refractivity contribution in [3.63, 3.8) is 0 Å². The smallest absolute Gasteiger partial charge is 0.339 e. The van der Waals surface area contributed by atoms with Crippen molar-refractivity contribution in [3.05, 3.63) is 58.9 Å². The van der Waals surface area contributed by atoms with Crippen LogP contribution in [0.2, 0.25) is 5.02 Å². The second-order valence-corrected chi connectivity index (χ2v) is 8.38. The topological polar surface area (TPSA) is 92.8 Å². The molecule has 0 bridgehead atoms. The molecule has 1 atom stereocenters. The van der Waals surface area contributed by atoms with Crippen LogP contribution in [0.5, 0.6) is 0 Å². The molecule has 7 nitrogen and oxygen atoms in total. The Kier molecular flexibility index (Phi) is 7.21. The first-order valence-corrected chi connectivity index (χ1v) is 10.8. The summed E-state index contributed by atoms with van der Waals surface area (Å²) in [6.07, 6.45) is 0.946. The predicted octanol–water partition coefficient (Wildman–Crippen LogP) is 3.45. The summed E-state index contributed by atoms with van der Waals surface area (Å²) in [5.74, 6) is -1.84. The fourth-order valence-electron chi connectivity index (χ4n) is 2.61. The molecule has 0 unspecified atom stereocenters. The number of halogens is 2. The summed E-state index contributed by atoms with van der Waals surface area (Å²) < 4.78 is 43.5. The molecule has 0 saturated carbocycles. The molecule has 0 aliphatic rings. The third-order valence-electron chi connectivity index (χ3n) is 3.90. The Labute approximate surface area is 173 Å². The molecule has 2 aromatic rings. The lowest BCUT2D eigenvalue weighted by Gasteiger charge is -2.28. The highest BCUT2D eigenvalue weighted by atomic mass is 35.5. The fourth-order valence-corrected chi connectivity index (χ4v) is 3.98. The molecule has 2 rings (SSSR count). The van der Waals surface area contributed by atoms with Gasteiger partial charge in [-0.05, 0) is 56.3 Å². The third-order valence-corrected chi connectivity index (χ3v) is 5.47. The lowest BCUT2D eigenvalue weighted by atomic mass is 10.2. The van der Waals surface area contributed by atoms with E-state index in [4.69, 9.17) is 16.3 Å². The van der Waals surface area contributed by atoms with Gasteiger partial charge in [-0.15, -0.1) is 0 Å². The number of rotatable bonds is 7. The van der Waals surface area contributed by atoms with E-state index in [-0.39, 0.29) is 28.6 Å². The van der Waals surface area contributed by atoms with Gasteiger partial charge < -0.3 is 10.1 Å². The minimum absolute atomic E-state index is 0.0671. The third kappa shape index (κ3) is 5.68. The molecule has 29 heavy (non-hydrogen) atoms. The molecule has 0 radical (unpaired) electrons. The molecular formula is C19H20ClFN2O5S. The van der Waals surface area contributed by atoms with Crippen LogP contribution in [0, 0.1) is 5.82 Å². The van der Waals surface area contributed by atoms with E-state index in [0.29, 0.717) is 0 Å². The van der Waals surface area contributed by atoms with Crippen molar-refractivity contribution in [3.8, 4) is 0 Å². The number of amides is 1. The largest absolute Gasteiger partial charge is 0.462 e. The Morgan fingerprint density at radius 1 is 1.21 bits per heavy atom. The van der Waals surface area contributed by atoms with Gasteiger partial charge in [0.2, 0.25) is 15.9 Å². The van der Waals surface area contributed by atoms with Gasteiger partial charge in [0.15, 0.2) is 0 Å². The molecule has 10 heteroatoms.